The van der Waals surface area contributed by atoms with E-state index in [0.717, 1.165) is 10.0 Å². The molecule has 82 valence electrons. The zero-order chi connectivity index (χ0) is 11.1. The fourth-order valence-corrected chi connectivity index (χ4v) is 2.66. The van der Waals surface area contributed by atoms with Crippen LogP contribution in [0, 0.1) is 0 Å². The Kier molecular flexibility index (Phi) is 2.65. The van der Waals surface area contributed by atoms with Gasteiger partial charge in [-0.1, -0.05) is 34.1 Å². The summed E-state index contributed by atoms with van der Waals surface area (Å²) in [5, 5.41) is 10.3. The second kappa shape index (κ2) is 3.58. The van der Waals surface area contributed by atoms with E-state index in [0.29, 0.717) is 13.2 Å². The summed E-state index contributed by atoms with van der Waals surface area (Å²) in [4.78, 5) is 0. The summed E-state index contributed by atoms with van der Waals surface area (Å²) in [5.74, 6) is 0. The lowest BCUT2D eigenvalue weighted by Gasteiger charge is -2.50. The van der Waals surface area contributed by atoms with Crippen molar-refractivity contribution in [3.05, 3.63) is 34.3 Å². The Bertz CT molecular complexity index is 364. The van der Waals surface area contributed by atoms with Gasteiger partial charge in [0.1, 0.15) is 0 Å². The van der Waals surface area contributed by atoms with Gasteiger partial charge in [0.25, 0.3) is 0 Å². The van der Waals surface area contributed by atoms with Gasteiger partial charge in [0.2, 0.25) is 0 Å². The standard InChI is InChI=1S/C12H15BrO2/c1-11(2,14)12(7-15-8-12)9-5-3-4-6-10(9)13/h3-6,14H,7-8H2,1-2H3. The molecule has 0 atom stereocenters. The van der Waals surface area contributed by atoms with Gasteiger partial charge in [-0.2, -0.15) is 0 Å². The van der Waals surface area contributed by atoms with Crippen molar-refractivity contribution >= 4 is 15.9 Å². The van der Waals surface area contributed by atoms with Crippen LogP contribution in [-0.2, 0) is 10.2 Å². The van der Waals surface area contributed by atoms with E-state index in [9.17, 15) is 5.11 Å². The molecule has 0 unspecified atom stereocenters. The van der Waals surface area contributed by atoms with Crippen molar-refractivity contribution in [3.63, 3.8) is 0 Å². The first-order valence-electron chi connectivity index (χ1n) is 5.02. The average molecular weight is 271 g/mol. The quantitative estimate of drug-likeness (QED) is 0.895. The van der Waals surface area contributed by atoms with Gasteiger partial charge < -0.3 is 9.84 Å². The van der Waals surface area contributed by atoms with Crippen LogP contribution in [0.15, 0.2) is 28.7 Å². The van der Waals surface area contributed by atoms with Gasteiger partial charge in [0.05, 0.1) is 24.2 Å². The second-order valence-electron chi connectivity index (χ2n) is 4.61. The van der Waals surface area contributed by atoms with Crippen LogP contribution in [-0.4, -0.2) is 23.9 Å². The molecule has 1 aliphatic rings. The topological polar surface area (TPSA) is 29.5 Å². The third-order valence-corrected chi connectivity index (χ3v) is 3.95. The van der Waals surface area contributed by atoms with Gasteiger partial charge in [-0.3, -0.25) is 0 Å². The Balaban J connectivity index is 2.48. The molecule has 0 radical (unpaired) electrons. The predicted molar refractivity (Wildman–Crippen MR) is 62.9 cm³/mol. The lowest BCUT2D eigenvalue weighted by Crippen LogP contribution is -2.60. The zero-order valence-corrected chi connectivity index (χ0v) is 10.5. The molecule has 1 heterocycles. The monoisotopic (exact) mass is 270 g/mol. The maximum absolute atomic E-state index is 10.3. The zero-order valence-electron chi connectivity index (χ0n) is 8.96. The van der Waals surface area contributed by atoms with Crippen LogP contribution in [0.5, 0.6) is 0 Å². The SMILES string of the molecule is CC(C)(O)C1(c2ccccc2Br)COC1. The van der Waals surface area contributed by atoms with E-state index in [-0.39, 0.29) is 5.41 Å². The van der Waals surface area contributed by atoms with Crippen molar-refractivity contribution in [1.82, 2.24) is 0 Å². The molecule has 0 aliphatic carbocycles. The summed E-state index contributed by atoms with van der Waals surface area (Å²) < 4.78 is 6.33. The van der Waals surface area contributed by atoms with Gasteiger partial charge in [0.15, 0.2) is 0 Å². The van der Waals surface area contributed by atoms with Crippen LogP contribution in [0.25, 0.3) is 0 Å². The minimum absolute atomic E-state index is 0.271. The van der Waals surface area contributed by atoms with E-state index in [1.807, 2.05) is 38.1 Å². The van der Waals surface area contributed by atoms with E-state index < -0.39 is 5.60 Å². The molecule has 1 aromatic rings. The maximum Gasteiger partial charge on any atom is 0.0732 e. The fraction of sp³-hybridized carbons (Fsp3) is 0.500. The Morgan fingerprint density at radius 2 is 1.93 bits per heavy atom. The normalized spacial score (nSPS) is 19.7. The van der Waals surface area contributed by atoms with Crippen LogP contribution in [0.1, 0.15) is 19.4 Å². The Labute approximate surface area is 98.4 Å². The summed E-state index contributed by atoms with van der Waals surface area (Å²) in [6, 6.07) is 8.02. The van der Waals surface area contributed by atoms with Gasteiger partial charge in [-0.05, 0) is 25.5 Å². The van der Waals surface area contributed by atoms with Gasteiger partial charge in [-0.25, -0.2) is 0 Å². The number of hydrogen-bond donors (Lipinski definition) is 1. The van der Waals surface area contributed by atoms with Crippen LogP contribution < -0.4 is 0 Å². The van der Waals surface area contributed by atoms with Gasteiger partial charge in [-0.15, -0.1) is 0 Å². The summed E-state index contributed by atoms with van der Waals surface area (Å²) in [6.07, 6.45) is 0. The van der Waals surface area contributed by atoms with Crippen LogP contribution in [0.2, 0.25) is 0 Å². The molecule has 1 N–H and O–H groups in total. The summed E-state index contributed by atoms with van der Waals surface area (Å²) >= 11 is 3.53. The number of aliphatic hydroxyl groups is 1. The highest BCUT2D eigenvalue weighted by atomic mass is 79.9. The fourth-order valence-electron chi connectivity index (χ4n) is 1.99. The number of hydrogen-bond acceptors (Lipinski definition) is 2. The molecule has 3 heteroatoms. The minimum Gasteiger partial charge on any atom is -0.389 e. The highest BCUT2D eigenvalue weighted by Gasteiger charge is 2.52. The van der Waals surface area contributed by atoms with Crippen LogP contribution >= 0.6 is 15.9 Å². The number of halogens is 1. The van der Waals surface area contributed by atoms with Crippen LogP contribution in [0.3, 0.4) is 0 Å². The molecule has 1 aliphatic heterocycles. The van der Waals surface area contributed by atoms with Gasteiger partial charge in [0, 0.05) is 4.47 Å². The van der Waals surface area contributed by atoms with E-state index in [2.05, 4.69) is 15.9 Å². The van der Waals surface area contributed by atoms with E-state index >= 15 is 0 Å². The Morgan fingerprint density at radius 1 is 1.33 bits per heavy atom. The molecule has 0 bridgehead atoms. The summed E-state index contributed by atoms with van der Waals surface area (Å²) in [7, 11) is 0. The molecule has 0 amide bonds. The van der Waals surface area contributed by atoms with E-state index in [1.54, 1.807) is 0 Å². The largest absolute Gasteiger partial charge is 0.389 e. The van der Waals surface area contributed by atoms with E-state index in [4.69, 9.17) is 4.74 Å². The molecule has 1 fully saturated rings. The first-order chi connectivity index (χ1) is 6.97. The van der Waals surface area contributed by atoms with Crippen molar-refractivity contribution in [3.8, 4) is 0 Å². The molecular weight excluding hydrogens is 256 g/mol. The molecule has 1 saturated heterocycles. The molecule has 0 spiro atoms. The molecule has 15 heavy (non-hydrogen) atoms. The number of ether oxygens (including phenoxy) is 1. The van der Waals surface area contributed by atoms with Gasteiger partial charge >= 0.3 is 0 Å². The van der Waals surface area contributed by atoms with Crippen molar-refractivity contribution < 1.29 is 9.84 Å². The minimum atomic E-state index is -0.769. The molecule has 0 saturated carbocycles. The van der Waals surface area contributed by atoms with Crippen molar-refractivity contribution in [1.29, 1.82) is 0 Å². The molecule has 1 aromatic carbocycles. The average Bonchev–Trinajstić information content (AvgIpc) is 2.03. The molecule has 2 rings (SSSR count). The lowest BCUT2D eigenvalue weighted by atomic mass is 9.67. The van der Waals surface area contributed by atoms with Crippen molar-refractivity contribution in [2.24, 2.45) is 0 Å². The Hall–Kier alpha value is -0.380. The Morgan fingerprint density at radius 3 is 2.33 bits per heavy atom. The first kappa shape index (κ1) is 11.1. The summed E-state index contributed by atoms with van der Waals surface area (Å²) in [5.41, 5.74) is 0.0890. The van der Waals surface area contributed by atoms with Crippen molar-refractivity contribution in [2.75, 3.05) is 13.2 Å². The number of benzene rings is 1. The molecule has 2 nitrogen and oxygen atoms in total. The molecule has 0 aromatic heterocycles. The lowest BCUT2D eigenvalue weighted by molar-refractivity contribution is -0.157. The third-order valence-electron chi connectivity index (χ3n) is 3.26. The highest BCUT2D eigenvalue weighted by molar-refractivity contribution is 9.10. The first-order valence-corrected chi connectivity index (χ1v) is 5.82. The third kappa shape index (κ3) is 1.63. The van der Waals surface area contributed by atoms with Crippen molar-refractivity contribution in [2.45, 2.75) is 24.9 Å². The number of rotatable bonds is 2. The van der Waals surface area contributed by atoms with E-state index in [1.165, 1.54) is 0 Å². The molecular formula is C12H15BrO2. The van der Waals surface area contributed by atoms with Crippen LogP contribution in [0.4, 0.5) is 0 Å². The smallest absolute Gasteiger partial charge is 0.0732 e. The maximum atomic E-state index is 10.3. The highest BCUT2D eigenvalue weighted by Crippen LogP contribution is 2.44. The second-order valence-corrected chi connectivity index (χ2v) is 5.47. The predicted octanol–water partition coefficient (Wildman–Crippen LogP) is 2.49. The summed E-state index contributed by atoms with van der Waals surface area (Å²) in [6.45, 7) is 4.85.